The Kier molecular flexibility index (Phi) is 63.2. The molecule has 0 bridgehead atoms. The summed E-state index contributed by atoms with van der Waals surface area (Å²) >= 11 is 0. The zero-order valence-electron chi connectivity index (χ0n) is 49.5. The average Bonchev–Trinajstić information content (AvgIpc) is 3.39. The van der Waals surface area contributed by atoms with Crippen LogP contribution in [0.5, 0.6) is 0 Å². The maximum absolute atomic E-state index is 12.5. The van der Waals surface area contributed by atoms with Gasteiger partial charge in [-0.1, -0.05) is 359 Å². The molecule has 0 aromatic heterocycles. The zero-order chi connectivity index (χ0) is 52.0. The second kappa shape index (κ2) is 64.2. The topological polar surface area (TPSA) is 69.6 Å². The van der Waals surface area contributed by atoms with Crippen LogP contribution in [0.1, 0.15) is 386 Å². The number of rotatable bonds is 63. The maximum atomic E-state index is 12.5. The molecule has 0 aromatic rings. The Morgan fingerprint density at radius 1 is 0.319 bits per heavy atom. The number of carbonyl (C=O) groups excluding carboxylic acids is 1. The Morgan fingerprint density at radius 2 is 0.528 bits per heavy atom. The van der Waals surface area contributed by atoms with E-state index in [9.17, 15) is 15.0 Å². The highest BCUT2D eigenvalue weighted by Gasteiger charge is 2.18. The van der Waals surface area contributed by atoms with Crippen molar-refractivity contribution < 1.29 is 15.0 Å². The number of hydrogen-bond acceptors (Lipinski definition) is 3. The monoisotopic (exact) mass is 1010 g/mol. The van der Waals surface area contributed by atoms with E-state index in [1.54, 1.807) is 6.08 Å². The third-order valence-corrected chi connectivity index (χ3v) is 15.9. The molecular weight excluding hydrogens is 879 g/mol. The van der Waals surface area contributed by atoms with E-state index >= 15 is 0 Å². The number of unbranched alkanes of at least 4 members (excludes halogenated alkanes) is 54. The van der Waals surface area contributed by atoms with Gasteiger partial charge in [-0.15, -0.1) is 0 Å². The lowest BCUT2D eigenvalue weighted by atomic mass is 10.0. The van der Waals surface area contributed by atoms with E-state index in [-0.39, 0.29) is 12.5 Å². The van der Waals surface area contributed by atoms with Crippen molar-refractivity contribution in [1.29, 1.82) is 0 Å². The average molecular weight is 1010 g/mol. The van der Waals surface area contributed by atoms with E-state index in [1.807, 2.05) is 6.08 Å². The minimum Gasteiger partial charge on any atom is -0.394 e. The van der Waals surface area contributed by atoms with Crippen LogP contribution in [0, 0.1) is 0 Å². The first kappa shape index (κ1) is 70.9. The number of carbonyl (C=O) groups is 1. The fourth-order valence-electron chi connectivity index (χ4n) is 10.8. The van der Waals surface area contributed by atoms with E-state index in [0.717, 1.165) is 25.7 Å². The van der Waals surface area contributed by atoms with Crippen LogP contribution in [-0.2, 0) is 4.79 Å². The molecule has 2 unspecified atom stereocenters. The summed E-state index contributed by atoms with van der Waals surface area (Å²) in [5.41, 5.74) is 0. The van der Waals surface area contributed by atoms with Gasteiger partial charge < -0.3 is 15.5 Å². The van der Waals surface area contributed by atoms with Gasteiger partial charge >= 0.3 is 0 Å². The van der Waals surface area contributed by atoms with Gasteiger partial charge in [0.1, 0.15) is 0 Å². The highest BCUT2D eigenvalue weighted by atomic mass is 16.3. The third kappa shape index (κ3) is 59.7. The van der Waals surface area contributed by atoms with Crippen LogP contribution in [0.25, 0.3) is 0 Å². The van der Waals surface area contributed by atoms with Gasteiger partial charge in [-0.25, -0.2) is 0 Å². The van der Waals surface area contributed by atoms with Crippen LogP contribution in [-0.4, -0.2) is 34.9 Å². The minimum absolute atomic E-state index is 0.0557. The third-order valence-electron chi connectivity index (χ3n) is 15.9. The summed E-state index contributed by atoms with van der Waals surface area (Å²) in [5, 5.41) is 23.3. The van der Waals surface area contributed by atoms with Crippen molar-refractivity contribution in [1.82, 2.24) is 5.32 Å². The van der Waals surface area contributed by atoms with Gasteiger partial charge in [0.25, 0.3) is 0 Å². The molecular formula is C68H133NO3. The molecule has 0 rings (SSSR count). The predicted octanol–water partition coefficient (Wildman–Crippen LogP) is 22.6. The van der Waals surface area contributed by atoms with Gasteiger partial charge in [-0.2, -0.15) is 0 Å². The summed E-state index contributed by atoms with van der Waals surface area (Å²) < 4.78 is 0. The Morgan fingerprint density at radius 3 is 0.764 bits per heavy atom. The van der Waals surface area contributed by atoms with Crippen molar-refractivity contribution in [2.45, 2.75) is 398 Å². The van der Waals surface area contributed by atoms with Crippen molar-refractivity contribution in [3.63, 3.8) is 0 Å². The molecule has 1 amide bonds. The molecule has 0 aliphatic carbocycles. The zero-order valence-corrected chi connectivity index (χ0v) is 49.5. The summed E-state index contributed by atoms with van der Waals surface area (Å²) in [4.78, 5) is 12.5. The first-order chi connectivity index (χ1) is 35.7. The number of amides is 1. The predicted molar refractivity (Wildman–Crippen MR) is 322 cm³/mol. The van der Waals surface area contributed by atoms with Gasteiger partial charge in [0, 0.05) is 6.42 Å². The normalized spacial score (nSPS) is 12.8. The van der Waals surface area contributed by atoms with Gasteiger partial charge in [0.05, 0.1) is 18.8 Å². The van der Waals surface area contributed by atoms with Crippen LogP contribution in [0.4, 0.5) is 0 Å². The number of hydrogen-bond donors (Lipinski definition) is 3. The fraction of sp³-hybridized carbons (Fsp3) is 0.926. The van der Waals surface area contributed by atoms with Crippen LogP contribution in [0.3, 0.4) is 0 Å². The van der Waals surface area contributed by atoms with Gasteiger partial charge in [0.2, 0.25) is 5.91 Å². The molecule has 0 saturated carbocycles. The lowest BCUT2D eigenvalue weighted by Gasteiger charge is -2.20. The lowest BCUT2D eigenvalue weighted by Crippen LogP contribution is -2.45. The molecule has 428 valence electrons. The molecule has 0 fully saturated rings. The highest BCUT2D eigenvalue weighted by Crippen LogP contribution is 2.19. The number of nitrogens with one attached hydrogen (secondary N) is 1. The molecule has 0 aliphatic rings. The molecule has 0 aliphatic heterocycles. The van der Waals surface area contributed by atoms with Crippen molar-refractivity contribution in [3.05, 3.63) is 24.3 Å². The van der Waals surface area contributed by atoms with Gasteiger partial charge in [-0.05, 0) is 44.9 Å². The van der Waals surface area contributed by atoms with Crippen LogP contribution in [0.15, 0.2) is 24.3 Å². The molecule has 0 spiro atoms. The summed E-state index contributed by atoms with van der Waals surface area (Å²) in [6.07, 6.45) is 86.9. The SMILES string of the molecule is CCCCCCCCCCCCCCCCCC/C=C\CCCCCCCCCCCCCCCCCCCC(=O)NC(CO)C(O)/C=C/CCCCCCCCCCCCCCCCCCCCCCC. The lowest BCUT2D eigenvalue weighted by molar-refractivity contribution is -0.123. The Bertz CT molecular complexity index is 1060. The van der Waals surface area contributed by atoms with Crippen LogP contribution in [0.2, 0.25) is 0 Å². The minimum atomic E-state index is -0.838. The molecule has 0 aromatic carbocycles. The number of allylic oxidation sites excluding steroid dienone is 3. The molecule has 0 radical (unpaired) electrons. The molecule has 0 saturated heterocycles. The molecule has 4 nitrogen and oxygen atoms in total. The second-order valence-corrected chi connectivity index (χ2v) is 23.2. The van der Waals surface area contributed by atoms with E-state index in [1.165, 1.54) is 340 Å². The maximum Gasteiger partial charge on any atom is 0.220 e. The number of aliphatic hydroxyl groups is 2. The molecule has 3 N–H and O–H groups in total. The molecule has 4 heteroatoms. The molecule has 0 heterocycles. The first-order valence-corrected chi connectivity index (χ1v) is 33.6. The highest BCUT2D eigenvalue weighted by molar-refractivity contribution is 5.76. The smallest absolute Gasteiger partial charge is 0.220 e. The van der Waals surface area contributed by atoms with Gasteiger partial charge in [-0.3, -0.25) is 4.79 Å². The fourth-order valence-corrected chi connectivity index (χ4v) is 10.8. The van der Waals surface area contributed by atoms with Crippen molar-refractivity contribution >= 4 is 5.91 Å². The quantitative estimate of drug-likeness (QED) is 0.0420. The van der Waals surface area contributed by atoms with E-state index in [2.05, 4.69) is 31.3 Å². The molecule has 2 atom stereocenters. The number of aliphatic hydroxyl groups excluding tert-OH is 2. The summed E-state index contributed by atoms with van der Waals surface area (Å²) in [7, 11) is 0. The van der Waals surface area contributed by atoms with Gasteiger partial charge in [0.15, 0.2) is 0 Å². The van der Waals surface area contributed by atoms with Crippen LogP contribution >= 0.6 is 0 Å². The Balaban J connectivity index is 3.40. The summed E-state index contributed by atoms with van der Waals surface area (Å²) in [5.74, 6) is -0.0557. The van der Waals surface area contributed by atoms with E-state index in [0.29, 0.717) is 6.42 Å². The van der Waals surface area contributed by atoms with Crippen LogP contribution < -0.4 is 5.32 Å². The van der Waals surface area contributed by atoms with E-state index in [4.69, 9.17) is 0 Å². The largest absolute Gasteiger partial charge is 0.394 e. The molecule has 72 heavy (non-hydrogen) atoms. The summed E-state index contributed by atoms with van der Waals surface area (Å²) in [6.45, 7) is 4.36. The Labute approximate surface area is 453 Å². The Hall–Kier alpha value is -1.13. The second-order valence-electron chi connectivity index (χ2n) is 23.2. The van der Waals surface area contributed by atoms with Crippen molar-refractivity contribution in [2.75, 3.05) is 6.61 Å². The standard InChI is InChI=1S/C68H133NO3/c1-3-5-7-9-11-13-15-17-19-21-23-25-27-28-29-30-31-32-33-34-35-36-37-38-39-40-42-44-46-48-50-52-54-56-58-60-62-64-68(72)69-66(65-70)67(71)63-61-59-57-55-53-51-49-47-45-43-41-26-24-22-20-18-16-14-12-10-8-6-4-2/h32-33,61,63,66-67,70-71H,3-31,34-60,62,64-65H2,1-2H3,(H,69,72)/b33-32-,63-61+. The first-order valence-electron chi connectivity index (χ1n) is 33.6. The van der Waals surface area contributed by atoms with E-state index < -0.39 is 12.1 Å². The van der Waals surface area contributed by atoms with Crippen molar-refractivity contribution in [3.8, 4) is 0 Å². The summed E-state index contributed by atoms with van der Waals surface area (Å²) in [6, 6.07) is -0.621. The van der Waals surface area contributed by atoms with Crippen molar-refractivity contribution in [2.24, 2.45) is 0 Å².